The van der Waals surface area contributed by atoms with Crippen molar-refractivity contribution >= 4 is 27.1 Å². The topological polar surface area (TPSA) is 97.6 Å². The maximum Gasteiger partial charge on any atom is 0.255 e. The van der Waals surface area contributed by atoms with Gasteiger partial charge in [0.05, 0.1) is 18.1 Å². The van der Waals surface area contributed by atoms with Crippen molar-refractivity contribution in [3.8, 4) is 0 Å². The van der Waals surface area contributed by atoms with E-state index in [1.54, 1.807) is 23.5 Å². The number of nitrogens with zero attached hydrogens (tertiary/aromatic N) is 5. The lowest BCUT2D eigenvalue weighted by Crippen LogP contribution is -2.50. The van der Waals surface area contributed by atoms with Gasteiger partial charge in [-0.25, -0.2) is 18.4 Å². The van der Waals surface area contributed by atoms with Crippen LogP contribution in [0.15, 0.2) is 18.6 Å². The Morgan fingerprint density at radius 2 is 1.85 bits per heavy atom. The minimum absolute atomic E-state index is 0.141. The quantitative estimate of drug-likeness (QED) is 0.753. The van der Waals surface area contributed by atoms with Crippen LogP contribution in [0.25, 0.3) is 11.2 Å². The van der Waals surface area contributed by atoms with Crippen LogP contribution < -0.4 is 0 Å². The highest BCUT2D eigenvalue weighted by atomic mass is 32.2. The van der Waals surface area contributed by atoms with Crippen LogP contribution in [0.2, 0.25) is 0 Å². The zero-order chi connectivity index (χ0) is 19.0. The number of imidazole rings is 1. The standard InChI is InChI=1S/C17H23N5O4S/c1-27(24,25)21-6-4-20(5-7-21)17(23)13-10-15-16(18-11-13)22(12-19-15)14-2-8-26-9-3-14/h10-12,14H,2-9H2,1H3. The van der Waals surface area contributed by atoms with E-state index in [1.807, 2.05) is 0 Å². The second kappa shape index (κ2) is 7.17. The highest BCUT2D eigenvalue weighted by Crippen LogP contribution is 2.25. The van der Waals surface area contributed by atoms with E-state index >= 15 is 0 Å². The first-order chi connectivity index (χ1) is 12.9. The number of pyridine rings is 1. The van der Waals surface area contributed by atoms with Crippen LogP contribution in [-0.2, 0) is 14.8 Å². The third kappa shape index (κ3) is 3.69. The number of piperazine rings is 1. The highest BCUT2D eigenvalue weighted by Gasteiger charge is 2.27. The van der Waals surface area contributed by atoms with Crippen molar-refractivity contribution in [3.63, 3.8) is 0 Å². The smallest absolute Gasteiger partial charge is 0.255 e. The molecule has 0 N–H and O–H groups in total. The Bertz CT molecular complexity index is 943. The monoisotopic (exact) mass is 393 g/mol. The van der Waals surface area contributed by atoms with Gasteiger partial charge in [0.2, 0.25) is 10.0 Å². The predicted octanol–water partition coefficient (Wildman–Crippen LogP) is 0.500. The molecular formula is C17H23N5O4S. The van der Waals surface area contributed by atoms with Crippen LogP contribution >= 0.6 is 0 Å². The van der Waals surface area contributed by atoms with Gasteiger partial charge in [0.25, 0.3) is 5.91 Å². The summed E-state index contributed by atoms with van der Waals surface area (Å²) in [4.78, 5) is 23.4. The van der Waals surface area contributed by atoms with Gasteiger partial charge >= 0.3 is 0 Å². The molecule has 0 unspecified atom stereocenters. The van der Waals surface area contributed by atoms with E-state index < -0.39 is 10.0 Å². The molecular weight excluding hydrogens is 370 g/mol. The highest BCUT2D eigenvalue weighted by molar-refractivity contribution is 7.88. The van der Waals surface area contributed by atoms with Gasteiger partial charge in [0.1, 0.15) is 5.52 Å². The summed E-state index contributed by atoms with van der Waals surface area (Å²) in [5.41, 5.74) is 1.95. The van der Waals surface area contributed by atoms with E-state index in [0.29, 0.717) is 43.3 Å². The fraction of sp³-hybridized carbons (Fsp3) is 0.588. The van der Waals surface area contributed by atoms with Crippen LogP contribution in [0.4, 0.5) is 0 Å². The molecule has 2 fully saturated rings. The minimum atomic E-state index is -3.22. The van der Waals surface area contributed by atoms with E-state index in [-0.39, 0.29) is 5.91 Å². The zero-order valence-corrected chi connectivity index (χ0v) is 16.1. The largest absolute Gasteiger partial charge is 0.381 e. The Kier molecular flexibility index (Phi) is 4.87. The first-order valence-corrected chi connectivity index (χ1v) is 10.9. The Morgan fingerprint density at radius 1 is 1.15 bits per heavy atom. The van der Waals surface area contributed by atoms with Gasteiger partial charge in [0.15, 0.2) is 5.65 Å². The van der Waals surface area contributed by atoms with Crippen molar-refractivity contribution in [1.29, 1.82) is 0 Å². The third-order valence-electron chi connectivity index (χ3n) is 5.24. The Labute approximate surface area is 158 Å². The van der Waals surface area contributed by atoms with Crippen LogP contribution in [0.1, 0.15) is 29.2 Å². The second-order valence-corrected chi connectivity index (χ2v) is 9.00. The van der Waals surface area contributed by atoms with Gasteiger partial charge in [-0.3, -0.25) is 4.79 Å². The Hall–Kier alpha value is -2.04. The van der Waals surface area contributed by atoms with Gasteiger partial charge in [-0.15, -0.1) is 0 Å². The summed E-state index contributed by atoms with van der Waals surface area (Å²) in [6, 6.07) is 2.09. The number of sulfonamides is 1. The normalized spacial score (nSPS) is 20.3. The molecule has 146 valence electrons. The van der Waals surface area contributed by atoms with Gasteiger partial charge in [-0.2, -0.15) is 4.31 Å². The second-order valence-electron chi connectivity index (χ2n) is 7.02. The van der Waals surface area contributed by atoms with Crippen LogP contribution in [-0.4, -0.2) is 83.7 Å². The molecule has 0 aliphatic carbocycles. The molecule has 10 heteroatoms. The van der Waals surface area contributed by atoms with Gasteiger partial charge in [0, 0.05) is 51.6 Å². The molecule has 2 aromatic rings. The van der Waals surface area contributed by atoms with Gasteiger partial charge in [-0.05, 0) is 18.9 Å². The van der Waals surface area contributed by atoms with E-state index in [4.69, 9.17) is 4.74 Å². The van der Waals surface area contributed by atoms with Crippen LogP contribution in [0.3, 0.4) is 0 Å². The SMILES string of the molecule is CS(=O)(=O)N1CCN(C(=O)c2cnc3c(c2)ncn3C2CCOCC2)CC1. The van der Waals surface area contributed by atoms with Crippen LogP contribution in [0.5, 0.6) is 0 Å². The van der Waals surface area contributed by atoms with Crippen molar-refractivity contribution in [2.24, 2.45) is 0 Å². The molecule has 9 nitrogen and oxygen atoms in total. The van der Waals surface area contributed by atoms with Crippen molar-refractivity contribution in [2.75, 3.05) is 45.6 Å². The molecule has 0 spiro atoms. The molecule has 4 heterocycles. The third-order valence-corrected chi connectivity index (χ3v) is 6.54. The Morgan fingerprint density at radius 3 is 2.52 bits per heavy atom. The van der Waals surface area contributed by atoms with E-state index in [1.165, 1.54) is 10.6 Å². The summed E-state index contributed by atoms with van der Waals surface area (Å²) in [7, 11) is -3.22. The maximum absolute atomic E-state index is 12.8. The van der Waals surface area contributed by atoms with Gasteiger partial charge < -0.3 is 14.2 Å². The van der Waals surface area contributed by atoms with E-state index in [2.05, 4.69) is 14.5 Å². The summed E-state index contributed by atoms with van der Waals surface area (Å²) in [5, 5.41) is 0. The summed E-state index contributed by atoms with van der Waals surface area (Å²) >= 11 is 0. The number of amides is 1. The lowest BCUT2D eigenvalue weighted by atomic mass is 10.1. The fourth-order valence-electron chi connectivity index (χ4n) is 3.67. The van der Waals surface area contributed by atoms with Crippen LogP contribution in [0, 0.1) is 0 Å². The fourth-order valence-corrected chi connectivity index (χ4v) is 4.50. The van der Waals surface area contributed by atoms with E-state index in [0.717, 1.165) is 31.7 Å². The summed E-state index contributed by atoms with van der Waals surface area (Å²) in [5.74, 6) is -0.141. The average molecular weight is 393 g/mol. The van der Waals surface area contributed by atoms with Crippen molar-refractivity contribution in [3.05, 3.63) is 24.2 Å². The molecule has 0 bridgehead atoms. The number of rotatable bonds is 3. The molecule has 0 radical (unpaired) electrons. The van der Waals surface area contributed by atoms with Gasteiger partial charge in [-0.1, -0.05) is 0 Å². The number of carbonyl (C=O) groups excluding carboxylic acids is 1. The molecule has 0 aromatic carbocycles. The first kappa shape index (κ1) is 18.3. The summed E-state index contributed by atoms with van der Waals surface area (Å²) < 4.78 is 32.1. The lowest BCUT2D eigenvalue weighted by molar-refractivity contribution is 0.0698. The summed E-state index contributed by atoms with van der Waals surface area (Å²) in [6.07, 6.45) is 6.42. The average Bonchev–Trinajstić information content (AvgIpc) is 3.11. The molecule has 1 amide bonds. The molecule has 27 heavy (non-hydrogen) atoms. The molecule has 2 saturated heterocycles. The molecule has 4 rings (SSSR count). The van der Waals surface area contributed by atoms with Crippen molar-refractivity contribution in [2.45, 2.75) is 18.9 Å². The molecule has 0 atom stereocenters. The number of aromatic nitrogens is 3. The Balaban J connectivity index is 1.50. The number of fused-ring (bicyclic) bond motifs is 1. The molecule has 0 saturated carbocycles. The van der Waals surface area contributed by atoms with Crippen molar-refractivity contribution in [1.82, 2.24) is 23.7 Å². The minimum Gasteiger partial charge on any atom is -0.381 e. The number of hydrogen-bond donors (Lipinski definition) is 0. The molecule has 2 aromatic heterocycles. The zero-order valence-electron chi connectivity index (χ0n) is 15.2. The number of carbonyl (C=O) groups is 1. The first-order valence-electron chi connectivity index (χ1n) is 9.08. The van der Waals surface area contributed by atoms with Crippen molar-refractivity contribution < 1.29 is 17.9 Å². The molecule has 2 aliphatic rings. The van der Waals surface area contributed by atoms with E-state index in [9.17, 15) is 13.2 Å². The lowest BCUT2D eigenvalue weighted by Gasteiger charge is -2.33. The maximum atomic E-state index is 12.8. The number of ether oxygens (including phenoxy) is 1. The molecule has 2 aliphatic heterocycles. The predicted molar refractivity (Wildman–Crippen MR) is 98.9 cm³/mol. The summed E-state index contributed by atoms with van der Waals surface area (Å²) in [6.45, 7) is 2.86. The number of hydrogen-bond acceptors (Lipinski definition) is 6.